The van der Waals surface area contributed by atoms with Crippen molar-refractivity contribution in [3.05, 3.63) is 83.9 Å². The van der Waals surface area contributed by atoms with Crippen molar-refractivity contribution in [1.82, 2.24) is 4.90 Å². The summed E-state index contributed by atoms with van der Waals surface area (Å²) in [5.74, 6) is -1.52. The standard InChI is InChI=1S/C26H26N2O5S/c1-17(2)24(26(30)31)27-16-20-10-9-19(15-23(20)25(27)29)18-11-13-22(14-12-18)28(34(3,32)33)21-7-5-4-6-8-21/h4-15,17,24H,16H2,1-3H3,(H,30,31)/t24-/m0/s1. The van der Waals surface area contributed by atoms with Crippen LogP contribution >= 0.6 is 0 Å². The summed E-state index contributed by atoms with van der Waals surface area (Å²) in [6.45, 7) is 3.84. The van der Waals surface area contributed by atoms with E-state index in [0.29, 0.717) is 16.9 Å². The third-order valence-electron chi connectivity index (χ3n) is 5.92. The van der Waals surface area contributed by atoms with E-state index in [9.17, 15) is 23.1 Å². The number of hydrogen-bond acceptors (Lipinski definition) is 4. The van der Waals surface area contributed by atoms with Crippen LogP contribution in [0.15, 0.2) is 72.8 Å². The first-order valence-corrected chi connectivity index (χ1v) is 12.7. The van der Waals surface area contributed by atoms with E-state index < -0.39 is 22.0 Å². The molecule has 4 rings (SSSR count). The zero-order chi connectivity index (χ0) is 24.6. The number of rotatable bonds is 7. The van der Waals surface area contributed by atoms with Crippen molar-refractivity contribution in [1.29, 1.82) is 0 Å². The van der Waals surface area contributed by atoms with Crippen LogP contribution in [0.1, 0.15) is 29.8 Å². The van der Waals surface area contributed by atoms with Crippen LogP contribution in [-0.4, -0.2) is 42.6 Å². The Labute approximate surface area is 199 Å². The van der Waals surface area contributed by atoms with Crippen molar-refractivity contribution >= 4 is 33.3 Å². The second kappa shape index (κ2) is 8.95. The first kappa shape index (κ1) is 23.5. The van der Waals surface area contributed by atoms with Crippen molar-refractivity contribution in [2.24, 2.45) is 5.92 Å². The third kappa shape index (κ3) is 4.41. The van der Waals surface area contributed by atoms with Crippen LogP contribution < -0.4 is 4.31 Å². The molecule has 8 heteroatoms. The highest BCUT2D eigenvalue weighted by molar-refractivity contribution is 7.92. The molecule has 176 valence electrons. The smallest absolute Gasteiger partial charge is 0.326 e. The molecule has 7 nitrogen and oxygen atoms in total. The highest BCUT2D eigenvalue weighted by Crippen LogP contribution is 2.33. The lowest BCUT2D eigenvalue weighted by Crippen LogP contribution is -2.44. The predicted octanol–water partition coefficient (Wildman–Crippen LogP) is 4.52. The maximum absolute atomic E-state index is 13.0. The molecule has 0 aliphatic carbocycles. The molecule has 1 aliphatic rings. The molecule has 1 atom stereocenters. The lowest BCUT2D eigenvalue weighted by Gasteiger charge is -2.27. The Kier molecular flexibility index (Phi) is 6.18. The van der Waals surface area contributed by atoms with Crippen LogP contribution in [0.25, 0.3) is 11.1 Å². The third-order valence-corrected chi connectivity index (χ3v) is 7.00. The van der Waals surface area contributed by atoms with Gasteiger partial charge in [-0.3, -0.25) is 4.79 Å². The molecule has 0 spiro atoms. The van der Waals surface area contributed by atoms with Crippen LogP contribution in [0.2, 0.25) is 0 Å². The average Bonchev–Trinajstić information content (AvgIpc) is 3.09. The van der Waals surface area contributed by atoms with Crippen molar-refractivity contribution in [2.75, 3.05) is 10.6 Å². The van der Waals surface area contributed by atoms with Crippen molar-refractivity contribution in [2.45, 2.75) is 26.4 Å². The number of hydrogen-bond donors (Lipinski definition) is 1. The molecule has 1 amide bonds. The molecular weight excluding hydrogens is 452 g/mol. The van der Waals surface area contributed by atoms with E-state index in [0.717, 1.165) is 22.9 Å². The van der Waals surface area contributed by atoms with Gasteiger partial charge in [0.15, 0.2) is 0 Å². The van der Waals surface area contributed by atoms with Gasteiger partial charge in [0, 0.05) is 12.1 Å². The topological polar surface area (TPSA) is 95.0 Å². The van der Waals surface area contributed by atoms with E-state index >= 15 is 0 Å². The van der Waals surface area contributed by atoms with Gasteiger partial charge in [0.1, 0.15) is 6.04 Å². The molecule has 0 saturated heterocycles. The minimum absolute atomic E-state index is 0.217. The summed E-state index contributed by atoms with van der Waals surface area (Å²) in [6.07, 6.45) is 1.16. The summed E-state index contributed by atoms with van der Waals surface area (Å²) in [6, 6.07) is 20.5. The zero-order valence-electron chi connectivity index (χ0n) is 19.2. The van der Waals surface area contributed by atoms with Crippen LogP contribution in [0.3, 0.4) is 0 Å². The van der Waals surface area contributed by atoms with Crippen LogP contribution in [0.5, 0.6) is 0 Å². The fraction of sp³-hybridized carbons (Fsp3) is 0.231. The molecule has 34 heavy (non-hydrogen) atoms. The van der Waals surface area contributed by atoms with Gasteiger partial charge in [0.25, 0.3) is 5.91 Å². The van der Waals surface area contributed by atoms with Gasteiger partial charge in [-0.25, -0.2) is 17.5 Å². The van der Waals surface area contributed by atoms with Gasteiger partial charge in [0.2, 0.25) is 10.0 Å². The molecule has 1 N–H and O–H groups in total. The van der Waals surface area contributed by atoms with Gasteiger partial charge in [-0.2, -0.15) is 0 Å². The summed E-state index contributed by atoms with van der Waals surface area (Å²) in [5, 5.41) is 9.60. The molecule has 0 aromatic heterocycles. The molecule has 0 unspecified atom stereocenters. The summed E-state index contributed by atoms with van der Waals surface area (Å²) in [4.78, 5) is 26.2. The molecular formula is C26H26N2O5S. The molecule has 3 aromatic carbocycles. The molecule has 0 fully saturated rings. The highest BCUT2D eigenvalue weighted by atomic mass is 32.2. The molecule has 3 aromatic rings. The Bertz CT molecular complexity index is 1340. The number of benzene rings is 3. The minimum atomic E-state index is -3.56. The van der Waals surface area contributed by atoms with Crippen LogP contribution in [-0.2, 0) is 21.4 Å². The van der Waals surface area contributed by atoms with E-state index in [1.165, 1.54) is 9.21 Å². The first-order valence-electron chi connectivity index (χ1n) is 10.9. The number of fused-ring (bicyclic) bond motifs is 1. The Morgan fingerprint density at radius 3 is 2.09 bits per heavy atom. The average molecular weight is 479 g/mol. The van der Waals surface area contributed by atoms with E-state index in [4.69, 9.17) is 0 Å². The van der Waals surface area contributed by atoms with Crippen molar-refractivity contribution in [3.63, 3.8) is 0 Å². The maximum Gasteiger partial charge on any atom is 0.326 e. The largest absolute Gasteiger partial charge is 0.480 e. The summed E-state index contributed by atoms with van der Waals surface area (Å²) in [7, 11) is -3.56. The lowest BCUT2D eigenvalue weighted by atomic mass is 10.00. The van der Waals surface area contributed by atoms with Crippen LogP contribution in [0.4, 0.5) is 11.4 Å². The monoisotopic (exact) mass is 478 g/mol. The first-order chi connectivity index (χ1) is 16.1. The number of amides is 1. The molecule has 0 saturated carbocycles. The second-order valence-corrected chi connectivity index (χ2v) is 10.6. The van der Waals surface area contributed by atoms with Gasteiger partial charge in [-0.15, -0.1) is 0 Å². The SMILES string of the molecule is CC(C)[C@@H](C(=O)O)N1Cc2ccc(-c3ccc(N(c4ccccc4)S(C)(=O)=O)cc3)cc2C1=O. The van der Waals surface area contributed by atoms with E-state index in [-0.39, 0.29) is 18.4 Å². The summed E-state index contributed by atoms with van der Waals surface area (Å²) in [5.41, 5.74) is 3.95. The Hall–Kier alpha value is -3.65. The number of aliphatic carboxylic acids is 1. The molecule has 0 radical (unpaired) electrons. The minimum Gasteiger partial charge on any atom is -0.480 e. The fourth-order valence-electron chi connectivity index (χ4n) is 4.39. The lowest BCUT2D eigenvalue weighted by molar-refractivity contribution is -0.144. The van der Waals surface area contributed by atoms with Crippen LogP contribution in [0, 0.1) is 5.92 Å². The number of nitrogens with zero attached hydrogens (tertiary/aromatic N) is 2. The van der Waals surface area contributed by atoms with E-state index in [1.54, 1.807) is 56.3 Å². The van der Waals surface area contributed by atoms with E-state index in [2.05, 4.69) is 0 Å². The Balaban J connectivity index is 1.65. The Morgan fingerprint density at radius 1 is 0.941 bits per heavy atom. The molecule has 0 bridgehead atoms. The predicted molar refractivity (Wildman–Crippen MR) is 131 cm³/mol. The van der Waals surface area contributed by atoms with Gasteiger partial charge in [-0.1, -0.05) is 56.3 Å². The number of carbonyl (C=O) groups excluding carboxylic acids is 1. The van der Waals surface area contributed by atoms with Crippen molar-refractivity contribution < 1.29 is 23.1 Å². The summed E-state index contributed by atoms with van der Waals surface area (Å²) < 4.78 is 26.2. The van der Waals surface area contributed by atoms with E-state index in [1.807, 2.05) is 30.3 Å². The van der Waals surface area contributed by atoms with Gasteiger partial charge >= 0.3 is 5.97 Å². The van der Waals surface area contributed by atoms with Crippen molar-refractivity contribution in [3.8, 4) is 11.1 Å². The van der Waals surface area contributed by atoms with Gasteiger partial charge in [0.05, 0.1) is 17.6 Å². The Morgan fingerprint density at radius 2 is 1.53 bits per heavy atom. The molecule has 1 aliphatic heterocycles. The highest BCUT2D eigenvalue weighted by Gasteiger charge is 2.38. The summed E-state index contributed by atoms with van der Waals surface area (Å²) >= 11 is 0. The quantitative estimate of drug-likeness (QED) is 0.539. The number of carboxylic acids is 1. The number of carboxylic acid groups (broad SMARTS) is 1. The second-order valence-electron chi connectivity index (χ2n) is 8.74. The van der Waals surface area contributed by atoms with Gasteiger partial charge < -0.3 is 10.0 Å². The number of sulfonamides is 1. The normalized spacial score (nSPS) is 14.2. The maximum atomic E-state index is 13.0. The van der Waals surface area contributed by atoms with Gasteiger partial charge in [-0.05, 0) is 52.9 Å². The fourth-order valence-corrected chi connectivity index (χ4v) is 5.40. The molecule has 1 heterocycles. The number of anilines is 2. The zero-order valence-corrected chi connectivity index (χ0v) is 20.0. The number of carbonyl (C=O) groups is 2. The number of para-hydroxylation sites is 1.